The molecule has 2 aromatic rings. The summed E-state index contributed by atoms with van der Waals surface area (Å²) in [6.07, 6.45) is 0. The molecule has 0 bridgehead atoms. The SMILES string of the molecule is Nc1cc(Cl)c(Cl)cc1Nc1ccc(Cl)cc1Cl. The molecule has 94 valence electrons. The first kappa shape index (κ1) is 13.6. The lowest BCUT2D eigenvalue weighted by Gasteiger charge is -2.12. The lowest BCUT2D eigenvalue weighted by atomic mass is 10.2. The minimum absolute atomic E-state index is 0.405. The molecule has 0 radical (unpaired) electrons. The van der Waals surface area contributed by atoms with E-state index in [4.69, 9.17) is 52.1 Å². The van der Waals surface area contributed by atoms with Crippen molar-refractivity contribution in [2.75, 3.05) is 11.1 Å². The lowest BCUT2D eigenvalue weighted by molar-refractivity contribution is 1.54. The zero-order valence-corrected chi connectivity index (χ0v) is 12.0. The first-order valence-electron chi connectivity index (χ1n) is 4.94. The van der Waals surface area contributed by atoms with Gasteiger partial charge in [0.1, 0.15) is 0 Å². The number of benzene rings is 2. The van der Waals surface area contributed by atoms with Gasteiger partial charge in [-0.15, -0.1) is 0 Å². The topological polar surface area (TPSA) is 38.0 Å². The summed E-state index contributed by atoms with van der Waals surface area (Å²) in [4.78, 5) is 0. The quantitative estimate of drug-likeness (QED) is 0.704. The summed E-state index contributed by atoms with van der Waals surface area (Å²) in [5, 5.41) is 4.95. The highest BCUT2D eigenvalue weighted by Gasteiger charge is 2.07. The third kappa shape index (κ3) is 2.96. The first-order chi connectivity index (χ1) is 8.47. The third-order valence-electron chi connectivity index (χ3n) is 2.29. The molecule has 0 aromatic heterocycles. The van der Waals surface area contributed by atoms with E-state index < -0.39 is 0 Å². The summed E-state index contributed by atoms with van der Waals surface area (Å²) in [6, 6.07) is 8.34. The Morgan fingerprint density at radius 1 is 0.778 bits per heavy atom. The van der Waals surface area contributed by atoms with Crippen molar-refractivity contribution in [3.05, 3.63) is 50.4 Å². The van der Waals surface area contributed by atoms with E-state index in [2.05, 4.69) is 5.32 Å². The highest BCUT2D eigenvalue weighted by Crippen LogP contribution is 2.34. The summed E-state index contributed by atoms with van der Waals surface area (Å²) in [6.45, 7) is 0. The summed E-state index contributed by atoms with van der Waals surface area (Å²) >= 11 is 23.7. The molecule has 0 unspecified atom stereocenters. The molecule has 6 heteroatoms. The maximum Gasteiger partial charge on any atom is 0.0655 e. The van der Waals surface area contributed by atoms with Crippen LogP contribution < -0.4 is 11.1 Å². The summed E-state index contributed by atoms with van der Waals surface area (Å²) < 4.78 is 0. The van der Waals surface area contributed by atoms with Crippen molar-refractivity contribution in [2.24, 2.45) is 0 Å². The van der Waals surface area contributed by atoms with Crippen molar-refractivity contribution in [2.45, 2.75) is 0 Å². The van der Waals surface area contributed by atoms with Gasteiger partial charge in [-0.1, -0.05) is 46.4 Å². The van der Waals surface area contributed by atoms with Crippen molar-refractivity contribution >= 4 is 63.5 Å². The monoisotopic (exact) mass is 320 g/mol. The Hall–Kier alpha value is -0.800. The molecule has 0 aliphatic carbocycles. The molecule has 0 heterocycles. The molecular weight excluding hydrogens is 314 g/mol. The van der Waals surface area contributed by atoms with Crippen LogP contribution in [0.25, 0.3) is 0 Å². The zero-order valence-electron chi connectivity index (χ0n) is 8.98. The Morgan fingerprint density at radius 2 is 1.44 bits per heavy atom. The van der Waals surface area contributed by atoms with E-state index in [0.29, 0.717) is 37.2 Å². The van der Waals surface area contributed by atoms with Gasteiger partial charge < -0.3 is 11.1 Å². The fraction of sp³-hybridized carbons (Fsp3) is 0. The Balaban J connectivity index is 2.37. The Labute approximate surface area is 125 Å². The number of nitrogens with two attached hydrogens (primary N) is 1. The zero-order chi connectivity index (χ0) is 13.3. The molecular formula is C12H8Cl4N2. The number of hydrogen-bond donors (Lipinski definition) is 2. The summed E-state index contributed by atoms with van der Waals surface area (Å²) in [5.41, 5.74) is 7.64. The predicted molar refractivity (Wildman–Crippen MR) is 80.6 cm³/mol. The fourth-order valence-electron chi connectivity index (χ4n) is 1.41. The standard InChI is InChI=1S/C12H8Cl4N2/c13-6-1-2-11(9(16)3-6)18-12-5-8(15)7(14)4-10(12)17/h1-5,18H,17H2. The molecule has 0 aliphatic heterocycles. The molecule has 0 amide bonds. The van der Waals surface area contributed by atoms with Crippen molar-refractivity contribution in [1.29, 1.82) is 0 Å². The van der Waals surface area contributed by atoms with Crippen LogP contribution in [0.15, 0.2) is 30.3 Å². The Morgan fingerprint density at radius 3 is 2.11 bits per heavy atom. The highest BCUT2D eigenvalue weighted by molar-refractivity contribution is 6.42. The van der Waals surface area contributed by atoms with E-state index in [-0.39, 0.29) is 0 Å². The summed E-state index contributed by atoms with van der Waals surface area (Å²) in [7, 11) is 0. The normalized spacial score (nSPS) is 10.4. The predicted octanol–water partition coefficient (Wildman–Crippen LogP) is 5.63. The number of anilines is 3. The average Bonchev–Trinajstić information content (AvgIpc) is 2.29. The molecule has 3 N–H and O–H groups in total. The largest absolute Gasteiger partial charge is 0.397 e. The number of halogens is 4. The van der Waals surface area contributed by atoms with Crippen molar-refractivity contribution < 1.29 is 0 Å². The van der Waals surface area contributed by atoms with Gasteiger partial charge in [0.2, 0.25) is 0 Å². The molecule has 0 fully saturated rings. The molecule has 0 aliphatic rings. The molecule has 18 heavy (non-hydrogen) atoms. The third-order valence-corrected chi connectivity index (χ3v) is 3.56. The highest BCUT2D eigenvalue weighted by atomic mass is 35.5. The van der Waals surface area contributed by atoms with E-state index in [9.17, 15) is 0 Å². The second-order valence-electron chi connectivity index (χ2n) is 3.60. The maximum absolute atomic E-state index is 6.06. The van der Waals surface area contributed by atoms with Crippen LogP contribution in [0.1, 0.15) is 0 Å². The molecule has 2 rings (SSSR count). The Kier molecular flexibility index (Phi) is 4.13. The van der Waals surface area contributed by atoms with Crippen LogP contribution in [-0.4, -0.2) is 0 Å². The van der Waals surface area contributed by atoms with Crippen molar-refractivity contribution in [3.8, 4) is 0 Å². The van der Waals surface area contributed by atoms with Crippen LogP contribution in [0, 0.1) is 0 Å². The second kappa shape index (κ2) is 5.45. The molecule has 2 nitrogen and oxygen atoms in total. The summed E-state index contributed by atoms with van der Waals surface area (Å²) in [5.74, 6) is 0. The van der Waals surface area contributed by atoms with Crippen LogP contribution in [0.3, 0.4) is 0 Å². The Bertz CT molecular complexity index is 599. The number of hydrogen-bond acceptors (Lipinski definition) is 2. The first-order valence-corrected chi connectivity index (χ1v) is 6.45. The van der Waals surface area contributed by atoms with E-state index in [1.807, 2.05) is 0 Å². The van der Waals surface area contributed by atoms with Crippen LogP contribution >= 0.6 is 46.4 Å². The molecule has 0 atom stereocenters. The molecule has 0 spiro atoms. The van der Waals surface area contributed by atoms with Gasteiger partial charge in [0.25, 0.3) is 0 Å². The van der Waals surface area contributed by atoms with Gasteiger partial charge >= 0.3 is 0 Å². The van der Waals surface area contributed by atoms with Gasteiger partial charge in [-0.2, -0.15) is 0 Å². The number of nitrogen functional groups attached to an aromatic ring is 1. The lowest BCUT2D eigenvalue weighted by Crippen LogP contribution is -1.97. The fourth-order valence-corrected chi connectivity index (χ4v) is 2.20. The van der Waals surface area contributed by atoms with Gasteiger partial charge in [0.05, 0.1) is 32.1 Å². The number of rotatable bonds is 2. The average molecular weight is 322 g/mol. The van der Waals surface area contributed by atoms with Crippen LogP contribution in [0.5, 0.6) is 0 Å². The molecule has 0 saturated heterocycles. The van der Waals surface area contributed by atoms with Crippen molar-refractivity contribution in [1.82, 2.24) is 0 Å². The van der Waals surface area contributed by atoms with E-state index in [1.165, 1.54) is 0 Å². The van der Waals surface area contributed by atoms with Gasteiger partial charge in [-0.3, -0.25) is 0 Å². The van der Waals surface area contributed by atoms with Crippen LogP contribution in [0.2, 0.25) is 20.1 Å². The maximum atomic E-state index is 6.06. The van der Waals surface area contributed by atoms with Gasteiger partial charge in [0, 0.05) is 5.02 Å². The number of nitrogens with one attached hydrogen (secondary N) is 1. The van der Waals surface area contributed by atoms with E-state index in [0.717, 1.165) is 0 Å². The van der Waals surface area contributed by atoms with Gasteiger partial charge in [0.15, 0.2) is 0 Å². The molecule has 2 aromatic carbocycles. The smallest absolute Gasteiger partial charge is 0.0655 e. The van der Waals surface area contributed by atoms with E-state index in [1.54, 1.807) is 30.3 Å². The minimum atomic E-state index is 0.405. The van der Waals surface area contributed by atoms with E-state index >= 15 is 0 Å². The van der Waals surface area contributed by atoms with Gasteiger partial charge in [-0.25, -0.2) is 0 Å². The van der Waals surface area contributed by atoms with Crippen LogP contribution in [-0.2, 0) is 0 Å². The minimum Gasteiger partial charge on any atom is -0.397 e. The second-order valence-corrected chi connectivity index (χ2v) is 5.26. The van der Waals surface area contributed by atoms with Crippen molar-refractivity contribution in [3.63, 3.8) is 0 Å². The van der Waals surface area contributed by atoms with Crippen LogP contribution in [0.4, 0.5) is 17.1 Å². The van der Waals surface area contributed by atoms with Gasteiger partial charge in [-0.05, 0) is 30.3 Å². The molecule has 0 saturated carbocycles.